The number of carbonyl (C=O) groups is 1. The third kappa shape index (κ3) is 4.87. The molecule has 0 saturated heterocycles. The van der Waals surface area contributed by atoms with Crippen molar-refractivity contribution < 1.29 is 9.53 Å². The Morgan fingerprint density at radius 2 is 2.33 bits per heavy atom. The fraction of sp³-hybridized carbons (Fsp3) is 0.500. The standard InChI is InChI=1S/C6H10NO2/c1-3-9-6(8)4-5(2)7/h4,7H,3H2,1-2H3/b5-4-. The smallest absolute Gasteiger partial charge is 0.332 e. The third-order valence-electron chi connectivity index (χ3n) is 0.621. The van der Waals surface area contributed by atoms with E-state index in [1.54, 1.807) is 6.92 Å². The number of nitrogens with one attached hydrogen (secondary N) is 1. The van der Waals surface area contributed by atoms with Gasteiger partial charge >= 0.3 is 5.97 Å². The van der Waals surface area contributed by atoms with Crippen molar-refractivity contribution in [3.8, 4) is 0 Å². The molecule has 0 unspecified atom stereocenters. The van der Waals surface area contributed by atoms with Gasteiger partial charge in [0, 0.05) is 11.8 Å². The summed E-state index contributed by atoms with van der Waals surface area (Å²) >= 11 is 0. The molecule has 0 bridgehead atoms. The molecule has 0 aromatic heterocycles. The number of allylic oxidation sites excluding steroid dienone is 1. The quantitative estimate of drug-likeness (QED) is 0.406. The highest BCUT2D eigenvalue weighted by Crippen LogP contribution is 1.85. The molecule has 0 fully saturated rings. The monoisotopic (exact) mass is 128 g/mol. The van der Waals surface area contributed by atoms with Crippen LogP contribution < -0.4 is 5.73 Å². The fourth-order valence-corrected chi connectivity index (χ4v) is 0.361. The van der Waals surface area contributed by atoms with Crippen molar-refractivity contribution >= 4 is 5.97 Å². The second-order valence-electron chi connectivity index (χ2n) is 1.58. The van der Waals surface area contributed by atoms with Crippen LogP contribution in [0, 0.1) is 0 Å². The number of esters is 1. The van der Waals surface area contributed by atoms with E-state index in [9.17, 15) is 4.79 Å². The van der Waals surface area contributed by atoms with Gasteiger partial charge in [0.05, 0.1) is 6.61 Å². The van der Waals surface area contributed by atoms with Gasteiger partial charge < -0.3 is 10.5 Å². The molecule has 3 heteroatoms. The van der Waals surface area contributed by atoms with Crippen LogP contribution in [0.2, 0.25) is 0 Å². The number of rotatable bonds is 2. The third-order valence-corrected chi connectivity index (χ3v) is 0.621. The predicted molar refractivity (Wildman–Crippen MR) is 33.5 cm³/mol. The Balaban J connectivity index is 3.63. The molecule has 0 aromatic carbocycles. The van der Waals surface area contributed by atoms with Crippen molar-refractivity contribution in [2.24, 2.45) is 0 Å². The second-order valence-corrected chi connectivity index (χ2v) is 1.58. The number of hydrogen-bond acceptors (Lipinski definition) is 2. The van der Waals surface area contributed by atoms with Crippen molar-refractivity contribution in [3.05, 3.63) is 11.8 Å². The molecule has 0 amide bonds. The van der Waals surface area contributed by atoms with Crippen LogP contribution in [0.3, 0.4) is 0 Å². The maximum atomic E-state index is 10.4. The highest BCUT2D eigenvalue weighted by Gasteiger charge is 1.93. The summed E-state index contributed by atoms with van der Waals surface area (Å²) in [7, 11) is 0. The van der Waals surface area contributed by atoms with E-state index < -0.39 is 5.97 Å². The van der Waals surface area contributed by atoms with Gasteiger partial charge in [-0.3, -0.25) is 0 Å². The molecule has 0 saturated carbocycles. The summed E-state index contributed by atoms with van der Waals surface area (Å²) in [5, 5.41) is 0. The van der Waals surface area contributed by atoms with Crippen molar-refractivity contribution in [1.82, 2.24) is 5.73 Å². The Morgan fingerprint density at radius 3 is 2.67 bits per heavy atom. The zero-order valence-electron chi connectivity index (χ0n) is 5.60. The first-order valence-electron chi connectivity index (χ1n) is 2.73. The topological polar surface area (TPSA) is 50.1 Å². The minimum absolute atomic E-state index is 0.216. The van der Waals surface area contributed by atoms with Crippen LogP contribution in [0.4, 0.5) is 0 Å². The summed E-state index contributed by atoms with van der Waals surface area (Å²) in [5.41, 5.74) is 7.06. The average Bonchev–Trinajstić information content (AvgIpc) is 1.63. The SMILES string of the molecule is CCOC(=O)/C=C(/C)[NH]. The summed E-state index contributed by atoms with van der Waals surface area (Å²) in [5.74, 6) is -0.440. The molecule has 0 atom stereocenters. The van der Waals surface area contributed by atoms with Crippen molar-refractivity contribution in [2.75, 3.05) is 6.61 Å². The maximum Gasteiger partial charge on any atom is 0.332 e. The first-order valence-corrected chi connectivity index (χ1v) is 2.73. The maximum absolute atomic E-state index is 10.4. The van der Waals surface area contributed by atoms with Gasteiger partial charge in [-0.2, -0.15) is 0 Å². The van der Waals surface area contributed by atoms with Crippen LogP contribution in [0.25, 0.3) is 0 Å². The molecule has 51 valence electrons. The molecule has 0 heterocycles. The van der Waals surface area contributed by atoms with E-state index in [2.05, 4.69) is 4.74 Å². The number of ether oxygens (including phenoxy) is 1. The van der Waals surface area contributed by atoms with Crippen molar-refractivity contribution in [2.45, 2.75) is 13.8 Å². The molecular weight excluding hydrogens is 118 g/mol. The molecular formula is C6H10NO2. The van der Waals surface area contributed by atoms with Gasteiger partial charge in [-0.15, -0.1) is 0 Å². The highest BCUT2D eigenvalue weighted by molar-refractivity contribution is 5.82. The van der Waals surface area contributed by atoms with E-state index in [4.69, 9.17) is 5.73 Å². The molecule has 0 aliphatic rings. The van der Waals surface area contributed by atoms with E-state index in [-0.39, 0.29) is 5.70 Å². The van der Waals surface area contributed by atoms with E-state index in [1.807, 2.05) is 0 Å². The summed E-state index contributed by atoms with van der Waals surface area (Å²) in [6, 6.07) is 0. The van der Waals surface area contributed by atoms with Crippen LogP contribution in [-0.2, 0) is 9.53 Å². The zero-order valence-corrected chi connectivity index (χ0v) is 5.60. The molecule has 1 radical (unpaired) electrons. The Hall–Kier alpha value is -0.990. The van der Waals surface area contributed by atoms with Crippen molar-refractivity contribution in [3.63, 3.8) is 0 Å². The Labute approximate surface area is 54.5 Å². The fourth-order valence-electron chi connectivity index (χ4n) is 0.361. The summed E-state index contributed by atoms with van der Waals surface area (Å²) in [6.07, 6.45) is 1.14. The summed E-state index contributed by atoms with van der Waals surface area (Å²) in [6.45, 7) is 3.62. The molecule has 3 nitrogen and oxygen atoms in total. The number of carbonyl (C=O) groups excluding carboxylic acids is 1. The molecule has 1 N–H and O–H groups in total. The predicted octanol–water partition coefficient (Wildman–Crippen LogP) is 0.736. The zero-order chi connectivity index (χ0) is 7.28. The Morgan fingerprint density at radius 1 is 1.78 bits per heavy atom. The largest absolute Gasteiger partial charge is 0.463 e. The first-order chi connectivity index (χ1) is 4.16. The lowest BCUT2D eigenvalue weighted by atomic mass is 10.4. The van der Waals surface area contributed by atoms with Crippen LogP contribution in [-0.4, -0.2) is 12.6 Å². The molecule has 0 aliphatic carbocycles. The normalized spacial score (nSPS) is 11.1. The van der Waals surface area contributed by atoms with Gasteiger partial charge in [0.25, 0.3) is 0 Å². The first kappa shape index (κ1) is 8.01. The lowest BCUT2D eigenvalue weighted by Crippen LogP contribution is -2.00. The minimum atomic E-state index is -0.440. The summed E-state index contributed by atoms with van der Waals surface area (Å²) < 4.78 is 4.52. The molecule has 0 aromatic rings. The second kappa shape index (κ2) is 3.95. The molecule has 0 rings (SSSR count). The van der Waals surface area contributed by atoms with E-state index in [0.717, 1.165) is 6.08 Å². The van der Waals surface area contributed by atoms with Gasteiger partial charge in [-0.1, -0.05) is 0 Å². The molecule has 0 spiro atoms. The number of hydrogen-bond donors (Lipinski definition) is 0. The molecule has 9 heavy (non-hydrogen) atoms. The van der Waals surface area contributed by atoms with Crippen LogP contribution in [0.1, 0.15) is 13.8 Å². The van der Waals surface area contributed by atoms with E-state index >= 15 is 0 Å². The van der Waals surface area contributed by atoms with Gasteiger partial charge in [-0.25, -0.2) is 4.79 Å². The van der Waals surface area contributed by atoms with Gasteiger partial charge in [0.1, 0.15) is 0 Å². The van der Waals surface area contributed by atoms with Gasteiger partial charge in [0.2, 0.25) is 0 Å². The van der Waals surface area contributed by atoms with Gasteiger partial charge in [0.15, 0.2) is 0 Å². The van der Waals surface area contributed by atoms with Crippen LogP contribution in [0.5, 0.6) is 0 Å². The lowest BCUT2D eigenvalue weighted by molar-refractivity contribution is -0.137. The Kier molecular flexibility index (Phi) is 3.51. The van der Waals surface area contributed by atoms with Crippen LogP contribution >= 0.6 is 0 Å². The van der Waals surface area contributed by atoms with E-state index in [0.29, 0.717) is 6.61 Å². The lowest BCUT2D eigenvalue weighted by Gasteiger charge is -1.93. The van der Waals surface area contributed by atoms with Crippen molar-refractivity contribution in [1.29, 1.82) is 0 Å². The highest BCUT2D eigenvalue weighted by atomic mass is 16.5. The molecule has 0 aliphatic heterocycles. The van der Waals surface area contributed by atoms with Crippen LogP contribution in [0.15, 0.2) is 11.8 Å². The Bertz CT molecular complexity index is 125. The van der Waals surface area contributed by atoms with E-state index in [1.165, 1.54) is 6.92 Å². The average molecular weight is 128 g/mol. The minimum Gasteiger partial charge on any atom is -0.463 e. The summed E-state index contributed by atoms with van der Waals surface area (Å²) in [4.78, 5) is 10.4. The van der Waals surface area contributed by atoms with Gasteiger partial charge in [-0.05, 0) is 13.8 Å².